The quantitative estimate of drug-likeness (QED) is 0.384. The van der Waals surface area contributed by atoms with Crippen LogP contribution in [0.2, 0.25) is 0 Å². The van der Waals surface area contributed by atoms with E-state index in [2.05, 4.69) is 10.3 Å². The number of imidazole rings is 1. The summed E-state index contributed by atoms with van der Waals surface area (Å²) in [5, 5.41) is 19.6. The monoisotopic (exact) mass is 443 g/mol. The fourth-order valence-corrected chi connectivity index (χ4v) is 3.50. The molecule has 0 bridgehead atoms. The Labute approximate surface area is 192 Å². The second kappa shape index (κ2) is 11.4. The lowest BCUT2D eigenvalue weighted by Crippen LogP contribution is -2.14. The van der Waals surface area contributed by atoms with Gasteiger partial charge in [0, 0.05) is 23.6 Å². The van der Waals surface area contributed by atoms with Gasteiger partial charge in [-0.15, -0.1) is 0 Å². The summed E-state index contributed by atoms with van der Waals surface area (Å²) in [5.41, 5.74) is 5.00. The third-order valence-corrected chi connectivity index (χ3v) is 5.15. The first kappa shape index (κ1) is 23.4. The SMILES string of the molecule is Cc1nccn1Cc1ccccc1NC(=O)c1cccc(-c2ccccc2CO)c1.O=CO. The predicted molar refractivity (Wildman–Crippen MR) is 127 cm³/mol. The van der Waals surface area contributed by atoms with Crippen LogP contribution in [0.25, 0.3) is 11.1 Å². The third-order valence-electron chi connectivity index (χ3n) is 5.15. The van der Waals surface area contributed by atoms with Crippen LogP contribution < -0.4 is 5.32 Å². The van der Waals surface area contributed by atoms with Crippen LogP contribution in [-0.2, 0) is 17.9 Å². The minimum absolute atomic E-state index is 0.0480. The van der Waals surface area contributed by atoms with Gasteiger partial charge in [-0.3, -0.25) is 9.59 Å². The van der Waals surface area contributed by atoms with Crippen molar-refractivity contribution in [2.24, 2.45) is 0 Å². The number of aliphatic hydroxyl groups excluding tert-OH is 1. The van der Waals surface area contributed by atoms with E-state index in [1.165, 1.54) is 0 Å². The first-order valence-electron chi connectivity index (χ1n) is 10.3. The van der Waals surface area contributed by atoms with Crippen molar-refractivity contribution in [2.75, 3.05) is 5.32 Å². The van der Waals surface area contributed by atoms with Crippen molar-refractivity contribution in [3.05, 3.63) is 108 Å². The highest BCUT2D eigenvalue weighted by Crippen LogP contribution is 2.25. The molecule has 4 rings (SSSR count). The van der Waals surface area contributed by atoms with E-state index in [1.807, 2.05) is 84.4 Å². The van der Waals surface area contributed by atoms with Crippen LogP contribution in [-0.4, -0.2) is 32.1 Å². The van der Waals surface area contributed by atoms with Crippen LogP contribution >= 0.6 is 0 Å². The van der Waals surface area contributed by atoms with E-state index in [0.29, 0.717) is 12.1 Å². The molecule has 3 aromatic carbocycles. The number of anilines is 1. The van der Waals surface area contributed by atoms with Crippen LogP contribution in [0, 0.1) is 6.92 Å². The lowest BCUT2D eigenvalue weighted by atomic mass is 9.98. The molecule has 0 aliphatic rings. The Morgan fingerprint density at radius 1 is 1.03 bits per heavy atom. The first-order chi connectivity index (χ1) is 16.1. The van der Waals surface area contributed by atoms with Gasteiger partial charge in [0.15, 0.2) is 0 Å². The second-order valence-corrected chi connectivity index (χ2v) is 7.22. The number of nitrogens with one attached hydrogen (secondary N) is 1. The molecule has 0 aliphatic heterocycles. The summed E-state index contributed by atoms with van der Waals surface area (Å²) in [6.45, 7) is 2.29. The van der Waals surface area contributed by atoms with Gasteiger partial charge in [0.1, 0.15) is 5.82 Å². The van der Waals surface area contributed by atoms with Crippen LogP contribution in [0.15, 0.2) is 85.2 Å². The van der Waals surface area contributed by atoms with E-state index in [1.54, 1.807) is 12.3 Å². The van der Waals surface area contributed by atoms with Crippen molar-refractivity contribution in [3.8, 4) is 11.1 Å². The number of benzene rings is 3. The topological polar surface area (TPSA) is 104 Å². The molecular weight excluding hydrogens is 418 g/mol. The highest BCUT2D eigenvalue weighted by Gasteiger charge is 2.12. The van der Waals surface area contributed by atoms with Gasteiger partial charge in [0.25, 0.3) is 12.4 Å². The van der Waals surface area contributed by atoms with Crippen molar-refractivity contribution in [1.29, 1.82) is 0 Å². The van der Waals surface area contributed by atoms with Crippen molar-refractivity contribution in [2.45, 2.75) is 20.1 Å². The molecule has 168 valence electrons. The number of amides is 1. The summed E-state index contributed by atoms with van der Waals surface area (Å²) >= 11 is 0. The Hall–Kier alpha value is -4.23. The Morgan fingerprint density at radius 2 is 1.73 bits per heavy atom. The minimum Gasteiger partial charge on any atom is -0.483 e. The largest absolute Gasteiger partial charge is 0.483 e. The zero-order valence-corrected chi connectivity index (χ0v) is 18.2. The standard InChI is InChI=1S/C25H23N3O2.CH2O2/c1-18-26-13-14-28(18)16-21-7-3-5-12-24(21)27-25(30)20-10-6-9-19(15-20)23-11-4-2-8-22(23)17-29;2-1-3/h2-15,29H,16-17H2,1H3,(H,27,30);1H,(H,2,3). The summed E-state index contributed by atoms with van der Waals surface area (Å²) in [5.74, 6) is 0.750. The summed E-state index contributed by atoms with van der Waals surface area (Å²) in [6, 6.07) is 22.9. The maximum atomic E-state index is 13.0. The molecule has 1 amide bonds. The molecule has 1 aromatic heterocycles. The summed E-state index contributed by atoms with van der Waals surface area (Å²) in [6.07, 6.45) is 3.70. The Morgan fingerprint density at radius 3 is 2.42 bits per heavy atom. The number of aliphatic hydroxyl groups is 1. The normalized spacial score (nSPS) is 10.1. The summed E-state index contributed by atoms with van der Waals surface area (Å²) in [7, 11) is 0. The second-order valence-electron chi connectivity index (χ2n) is 7.22. The van der Waals surface area contributed by atoms with Crippen molar-refractivity contribution in [1.82, 2.24) is 9.55 Å². The van der Waals surface area contributed by atoms with Crippen molar-refractivity contribution < 1.29 is 19.8 Å². The fourth-order valence-electron chi connectivity index (χ4n) is 3.50. The van der Waals surface area contributed by atoms with Gasteiger partial charge in [-0.25, -0.2) is 4.98 Å². The highest BCUT2D eigenvalue weighted by atomic mass is 16.3. The zero-order valence-electron chi connectivity index (χ0n) is 18.2. The van der Waals surface area contributed by atoms with Gasteiger partial charge >= 0.3 is 0 Å². The molecule has 0 saturated carbocycles. The molecule has 1 heterocycles. The number of carbonyl (C=O) groups excluding carboxylic acids is 1. The number of aromatic nitrogens is 2. The third kappa shape index (κ3) is 5.93. The van der Waals surface area contributed by atoms with Crippen LogP contribution in [0.1, 0.15) is 27.3 Å². The van der Waals surface area contributed by atoms with Crippen LogP contribution in [0.3, 0.4) is 0 Å². The van der Waals surface area contributed by atoms with E-state index in [-0.39, 0.29) is 19.0 Å². The molecule has 0 aliphatic carbocycles. The number of carboxylic acid groups (broad SMARTS) is 1. The van der Waals surface area contributed by atoms with E-state index in [0.717, 1.165) is 33.8 Å². The van der Waals surface area contributed by atoms with E-state index in [9.17, 15) is 9.90 Å². The maximum Gasteiger partial charge on any atom is 0.290 e. The summed E-state index contributed by atoms with van der Waals surface area (Å²) in [4.78, 5) is 25.6. The van der Waals surface area contributed by atoms with Gasteiger partial charge in [0.2, 0.25) is 0 Å². The minimum atomic E-state index is -0.250. The van der Waals surface area contributed by atoms with Gasteiger partial charge in [-0.2, -0.15) is 0 Å². The Bertz CT molecular complexity index is 1230. The van der Waals surface area contributed by atoms with Crippen LogP contribution in [0.4, 0.5) is 5.69 Å². The van der Waals surface area contributed by atoms with Crippen LogP contribution in [0.5, 0.6) is 0 Å². The Kier molecular flexibility index (Phi) is 8.10. The predicted octanol–water partition coefficient (Wildman–Crippen LogP) is 4.35. The van der Waals surface area contributed by atoms with E-state index >= 15 is 0 Å². The fraction of sp³-hybridized carbons (Fsp3) is 0.115. The lowest BCUT2D eigenvalue weighted by Gasteiger charge is -2.13. The molecule has 3 N–H and O–H groups in total. The zero-order chi connectivity index (χ0) is 23.6. The van der Waals surface area contributed by atoms with E-state index in [4.69, 9.17) is 9.90 Å². The molecule has 0 radical (unpaired) electrons. The number of hydrogen-bond acceptors (Lipinski definition) is 4. The molecule has 7 nitrogen and oxygen atoms in total. The average Bonchev–Trinajstić information content (AvgIpc) is 3.25. The number of rotatable bonds is 6. The first-order valence-corrected chi connectivity index (χ1v) is 10.3. The van der Waals surface area contributed by atoms with Gasteiger partial charge < -0.3 is 20.1 Å². The van der Waals surface area contributed by atoms with Crippen molar-refractivity contribution >= 4 is 18.1 Å². The van der Waals surface area contributed by atoms with Gasteiger partial charge in [0.05, 0.1) is 13.2 Å². The van der Waals surface area contributed by atoms with Crippen molar-refractivity contribution in [3.63, 3.8) is 0 Å². The Balaban J connectivity index is 0.000000968. The molecule has 0 spiro atoms. The molecule has 4 aromatic rings. The summed E-state index contributed by atoms with van der Waals surface area (Å²) < 4.78 is 2.04. The number of carbonyl (C=O) groups is 2. The maximum absolute atomic E-state index is 13.0. The molecule has 0 saturated heterocycles. The van der Waals surface area contributed by atoms with Gasteiger partial charge in [-0.05, 0) is 47.4 Å². The number of hydrogen-bond donors (Lipinski definition) is 3. The molecule has 0 fully saturated rings. The molecule has 0 unspecified atom stereocenters. The smallest absolute Gasteiger partial charge is 0.290 e. The van der Waals surface area contributed by atoms with E-state index < -0.39 is 0 Å². The molecule has 33 heavy (non-hydrogen) atoms. The number of aryl methyl sites for hydroxylation is 1. The lowest BCUT2D eigenvalue weighted by molar-refractivity contribution is -0.122. The average molecular weight is 444 g/mol. The number of nitrogens with zero attached hydrogens (tertiary/aromatic N) is 2. The van der Waals surface area contributed by atoms with Gasteiger partial charge in [-0.1, -0.05) is 54.6 Å². The molecule has 7 heteroatoms. The highest BCUT2D eigenvalue weighted by molar-refractivity contribution is 6.05. The molecular formula is C26H25N3O4. The molecule has 0 atom stereocenters. The number of para-hydroxylation sites is 1.